The SMILES string of the molecule is CS(=O)(=O)c1ccc(C(CC2CCCC2)C(=O)Nc2ccn(C=Cc3ccccc3)n2)cc1Cl. The van der Waals surface area contributed by atoms with Crippen LogP contribution in [0.5, 0.6) is 0 Å². The maximum atomic E-state index is 13.3. The third kappa shape index (κ3) is 6.15. The van der Waals surface area contributed by atoms with Crippen molar-refractivity contribution in [1.82, 2.24) is 9.78 Å². The lowest BCUT2D eigenvalue weighted by Crippen LogP contribution is -2.23. The van der Waals surface area contributed by atoms with Crippen molar-refractivity contribution in [1.29, 1.82) is 0 Å². The van der Waals surface area contributed by atoms with Crippen molar-refractivity contribution in [2.24, 2.45) is 5.92 Å². The Hall–Kier alpha value is -2.90. The molecule has 0 radical (unpaired) electrons. The number of hydrogen-bond donors (Lipinski definition) is 1. The van der Waals surface area contributed by atoms with Crippen LogP contribution >= 0.6 is 11.6 Å². The quantitative estimate of drug-likeness (QED) is 0.422. The molecule has 1 heterocycles. The number of carbonyl (C=O) groups excluding carboxylic acids is 1. The van der Waals surface area contributed by atoms with Crippen LogP contribution in [0.1, 0.15) is 49.1 Å². The van der Waals surface area contributed by atoms with Crippen molar-refractivity contribution >= 4 is 45.4 Å². The smallest absolute Gasteiger partial charge is 0.233 e. The molecule has 0 bridgehead atoms. The van der Waals surface area contributed by atoms with Crippen molar-refractivity contribution in [2.45, 2.75) is 42.9 Å². The lowest BCUT2D eigenvalue weighted by atomic mass is 9.87. The van der Waals surface area contributed by atoms with Crippen LogP contribution < -0.4 is 5.32 Å². The number of carbonyl (C=O) groups is 1. The number of benzene rings is 2. The van der Waals surface area contributed by atoms with Crippen molar-refractivity contribution in [3.63, 3.8) is 0 Å². The molecule has 2 aromatic carbocycles. The molecule has 0 spiro atoms. The van der Waals surface area contributed by atoms with Crippen LogP contribution in [0.4, 0.5) is 5.82 Å². The van der Waals surface area contributed by atoms with Crippen molar-refractivity contribution in [2.75, 3.05) is 11.6 Å². The fraction of sp³-hybridized carbons (Fsp3) is 0.308. The minimum atomic E-state index is -3.44. The lowest BCUT2D eigenvalue weighted by Gasteiger charge is -2.21. The first kappa shape index (κ1) is 24.2. The Morgan fingerprint density at radius 2 is 1.91 bits per heavy atom. The summed E-state index contributed by atoms with van der Waals surface area (Å²) in [5, 5.41) is 7.50. The molecule has 6 nitrogen and oxygen atoms in total. The van der Waals surface area contributed by atoms with E-state index in [9.17, 15) is 13.2 Å². The van der Waals surface area contributed by atoms with Gasteiger partial charge in [-0.1, -0.05) is 73.7 Å². The summed E-state index contributed by atoms with van der Waals surface area (Å²) in [6.45, 7) is 0. The fourth-order valence-corrected chi connectivity index (χ4v) is 5.77. The maximum absolute atomic E-state index is 13.3. The molecule has 1 aromatic heterocycles. The average molecular weight is 498 g/mol. The number of halogens is 1. The van der Waals surface area contributed by atoms with Crippen molar-refractivity contribution in [3.05, 3.63) is 76.9 Å². The van der Waals surface area contributed by atoms with Crippen LogP contribution in [0.2, 0.25) is 5.02 Å². The normalized spacial score (nSPS) is 15.6. The molecule has 3 aromatic rings. The van der Waals surface area contributed by atoms with Crippen LogP contribution in [-0.4, -0.2) is 30.4 Å². The summed E-state index contributed by atoms with van der Waals surface area (Å²) in [6.07, 6.45) is 11.9. The highest BCUT2D eigenvalue weighted by atomic mass is 35.5. The number of nitrogens with one attached hydrogen (secondary N) is 1. The minimum Gasteiger partial charge on any atom is -0.309 e. The van der Waals surface area contributed by atoms with Gasteiger partial charge in [-0.3, -0.25) is 4.79 Å². The molecule has 8 heteroatoms. The summed E-state index contributed by atoms with van der Waals surface area (Å²) >= 11 is 6.29. The Morgan fingerprint density at radius 1 is 1.18 bits per heavy atom. The zero-order valence-electron chi connectivity index (χ0n) is 19.0. The monoisotopic (exact) mass is 497 g/mol. The van der Waals surface area contributed by atoms with Gasteiger partial charge in [0.15, 0.2) is 15.7 Å². The molecule has 0 saturated heterocycles. The van der Waals surface area contributed by atoms with E-state index in [4.69, 9.17) is 11.6 Å². The second-order valence-electron chi connectivity index (χ2n) is 8.80. The number of anilines is 1. The van der Waals surface area contributed by atoms with Gasteiger partial charge in [0, 0.05) is 24.7 Å². The second-order valence-corrected chi connectivity index (χ2v) is 11.2. The molecule has 1 amide bonds. The number of hydrogen-bond acceptors (Lipinski definition) is 4. The molecule has 1 N–H and O–H groups in total. The molecule has 178 valence electrons. The largest absolute Gasteiger partial charge is 0.309 e. The number of aromatic nitrogens is 2. The van der Waals surface area contributed by atoms with Crippen LogP contribution in [0, 0.1) is 5.92 Å². The van der Waals surface area contributed by atoms with Gasteiger partial charge in [-0.2, -0.15) is 5.10 Å². The number of rotatable bonds is 8. The van der Waals surface area contributed by atoms with E-state index in [-0.39, 0.29) is 15.8 Å². The van der Waals surface area contributed by atoms with Gasteiger partial charge in [0.25, 0.3) is 0 Å². The summed E-state index contributed by atoms with van der Waals surface area (Å²) in [7, 11) is -3.44. The van der Waals surface area contributed by atoms with Crippen LogP contribution in [-0.2, 0) is 14.6 Å². The highest BCUT2D eigenvalue weighted by Crippen LogP contribution is 2.36. The second kappa shape index (κ2) is 10.6. The molecule has 34 heavy (non-hydrogen) atoms. The summed E-state index contributed by atoms with van der Waals surface area (Å²) in [5.74, 6) is 0.292. The first-order valence-corrected chi connectivity index (χ1v) is 13.7. The lowest BCUT2D eigenvalue weighted by molar-refractivity contribution is -0.118. The van der Waals surface area contributed by atoms with Crippen LogP contribution in [0.15, 0.2) is 65.7 Å². The first-order chi connectivity index (χ1) is 16.3. The Labute approximate surface area is 205 Å². The number of sulfone groups is 1. The van der Waals surface area contributed by atoms with E-state index in [0.717, 1.165) is 24.7 Å². The van der Waals surface area contributed by atoms with Gasteiger partial charge in [-0.15, -0.1) is 0 Å². The van der Waals surface area contributed by atoms with Crippen molar-refractivity contribution < 1.29 is 13.2 Å². The minimum absolute atomic E-state index is 0.0712. The summed E-state index contributed by atoms with van der Waals surface area (Å²) in [5.41, 5.74) is 1.76. The molecule has 1 fully saturated rings. The van der Waals surface area contributed by atoms with Gasteiger partial charge in [-0.05, 0) is 41.7 Å². The summed E-state index contributed by atoms with van der Waals surface area (Å²) < 4.78 is 25.6. The predicted molar refractivity (Wildman–Crippen MR) is 136 cm³/mol. The number of amides is 1. The Kier molecular flexibility index (Phi) is 7.54. The topological polar surface area (TPSA) is 81.1 Å². The summed E-state index contributed by atoms with van der Waals surface area (Å²) in [6, 6.07) is 16.4. The predicted octanol–water partition coefficient (Wildman–Crippen LogP) is 5.87. The Morgan fingerprint density at radius 3 is 2.59 bits per heavy atom. The van der Waals surface area contributed by atoms with E-state index < -0.39 is 15.8 Å². The van der Waals surface area contributed by atoms with E-state index in [2.05, 4.69) is 10.4 Å². The van der Waals surface area contributed by atoms with E-state index in [0.29, 0.717) is 23.7 Å². The molecule has 1 atom stereocenters. The van der Waals surface area contributed by atoms with Gasteiger partial charge in [0.1, 0.15) is 0 Å². The van der Waals surface area contributed by atoms with Gasteiger partial charge < -0.3 is 5.32 Å². The first-order valence-electron chi connectivity index (χ1n) is 11.4. The molecular formula is C26H28ClN3O3S. The van der Waals surface area contributed by atoms with Gasteiger partial charge >= 0.3 is 0 Å². The zero-order valence-corrected chi connectivity index (χ0v) is 20.6. The molecular weight excluding hydrogens is 470 g/mol. The fourth-order valence-electron chi connectivity index (χ4n) is 4.44. The molecule has 1 aliphatic carbocycles. The Bertz CT molecular complexity index is 1280. The van der Waals surface area contributed by atoms with Gasteiger partial charge in [-0.25, -0.2) is 13.1 Å². The van der Waals surface area contributed by atoms with E-state index in [1.54, 1.807) is 29.1 Å². The summed E-state index contributed by atoms with van der Waals surface area (Å²) in [4.78, 5) is 13.4. The highest BCUT2D eigenvalue weighted by Gasteiger charge is 2.28. The number of nitrogens with zero attached hydrogens (tertiary/aromatic N) is 2. The molecule has 1 saturated carbocycles. The van der Waals surface area contributed by atoms with E-state index in [1.807, 2.05) is 42.6 Å². The van der Waals surface area contributed by atoms with Crippen LogP contribution in [0.3, 0.4) is 0 Å². The molecule has 1 aliphatic rings. The van der Waals surface area contributed by atoms with Gasteiger partial charge in [0.05, 0.1) is 15.8 Å². The standard InChI is InChI=1S/C26H28ClN3O3S/c1-34(32,33)24-12-11-21(18-23(24)27)22(17-20-9-5-6-10-20)26(31)28-25-14-16-30(29-25)15-13-19-7-3-2-4-8-19/h2-4,7-8,11-16,18,20,22H,5-6,9-10,17H2,1H3,(H,28,29,31). The molecule has 0 aliphatic heterocycles. The average Bonchev–Trinajstić information content (AvgIpc) is 3.48. The van der Waals surface area contributed by atoms with Gasteiger partial charge in [0.2, 0.25) is 5.91 Å². The molecule has 1 unspecified atom stereocenters. The van der Waals surface area contributed by atoms with Crippen molar-refractivity contribution in [3.8, 4) is 0 Å². The zero-order chi connectivity index (χ0) is 24.1. The third-order valence-electron chi connectivity index (χ3n) is 6.20. The Balaban J connectivity index is 1.53. The third-order valence-corrected chi connectivity index (χ3v) is 7.78. The van der Waals surface area contributed by atoms with Crippen LogP contribution in [0.25, 0.3) is 12.3 Å². The maximum Gasteiger partial charge on any atom is 0.233 e. The van der Waals surface area contributed by atoms with E-state index >= 15 is 0 Å². The van der Waals surface area contributed by atoms with E-state index in [1.165, 1.54) is 18.9 Å². The highest BCUT2D eigenvalue weighted by molar-refractivity contribution is 7.90. The molecule has 4 rings (SSSR count).